The number of fused-ring (bicyclic) bond motifs is 1. The number of likely N-dealkylation sites (tertiary alicyclic amines) is 1. The van der Waals surface area contributed by atoms with Crippen molar-refractivity contribution in [3.05, 3.63) is 29.6 Å². The molecule has 2 fully saturated rings. The molecule has 3 N–H and O–H groups in total. The molecule has 1 heterocycles. The van der Waals surface area contributed by atoms with Crippen LogP contribution in [0.3, 0.4) is 0 Å². The molecule has 5 nitrogen and oxygen atoms in total. The number of nitrogens with one attached hydrogen (secondary N) is 3. The summed E-state index contributed by atoms with van der Waals surface area (Å²) in [6.45, 7) is 1.90. The molecule has 1 saturated carbocycles. The fourth-order valence-corrected chi connectivity index (χ4v) is 4.24. The minimum Gasteiger partial charge on any atom is -0.342 e. The summed E-state index contributed by atoms with van der Waals surface area (Å²) in [5, 5.41) is 4.64. The molecule has 1 aromatic carbocycles. The van der Waals surface area contributed by atoms with Crippen LogP contribution in [0.15, 0.2) is 12.1 Å². The Hall–Kier alpha value is -2.09. The number of piperidine rings is 1. The first-order valence-electron chi connectivity index (χ1n) is 9.47. The summed E-state index contributed by atoms with van der Waals surface area (Å²) < 4.78 is 39.6. The number of hydrogen-bond acceptors (Lipinski definition) is 2. The van der Waals surface area contributed by atoms with Crippen LogP contribution in [0.2, 0.25) is 0 Å². The number of carbonyl (C=O) groups is 2. The first-order chi connectivity index (χ1) is 12.9. The molecule has 1 saturated heterocycles. The van der Waals surface area contributed by atoms with E-state index < -0.39 is 29.0 Å². The molecule has 1 unspecified atom stereocenters. The fraction of sp³-hybridized carbons (Fsp3) is 0.579. The monoisotopic (exact) mass is 384 g/mol. The lowest BCUT2D eigenvalue weighted by Gasteiger charge is -2.38. The van der Waals surface area contributed by atoms with Gasteiger partial charge in [0.1, 0.15) is 0 Å². The second-order valence-electron chi connectivity index (χ2n) is 7.52. The smallest absolute Gasteiger partial charge is 0.275 e. The van der Waals surface area contributed by atoms with Gasteiger partial charge in [-0.1, -0.05) is 12.8 Å². The van der Waals surface area contributed by atoms with Gasteiger partial charge in [0, 0.05) is 5.92 Å². The predicted molar refractivity (Wildman–Crippen MR) is 93.6 cm³/mol. The first kappa shape index (κ1) is 19.7. The molecule has 1 aliphatic heterocycles. The van der Waals surface area contributed by atoms with E-state index in [1.165, 1.54) is 30.6 Å². The minimum absolute atomic E-state index is 0.250. The summed E-state index contributed by atoms with van der Waals surface area (Å²) in [4.78, 5) is 25.2. The van der Waals surface area contributed by atoms with Gasteiger partial charge in [0.25, 0.3) is 5.91 Å². The second-order valence-corrected chi connectivity index (χ2v) is 7.52. The maximum atomic E-state index is 13.5. The third kappa shape index (κ3) is 5.00. The highest BCUT2D eigenvalue weighted by Gasteiger charge is 2.34. The zero-order valence-electron chi connectivity index (χ0n) is 15.1. The molecule has 3 atom stereocenters. The van der Waals surface area contributed by atoms with Crippen LogP contribution in [-0.4, -0.2) is 38.0 Å². The third-order valence-corrected chi connectivity index (χ3v) is 5.65. The van der Waals surface area contributed by atoms with Crippen LogP contribution < -0.4 is 15.5 Å². The lowest BCUT2D eigenvalue weighted by atomic mass is 9.75. The number of rotatable bonds is 5. The summed E-state index contributed by atoms with van der Waals surface area (Å²) in [7, 11) is 0. The van der Waals surface area contributed by atoms with Crippen molar-refractivity contribution in [1.29, 1.82) is 0 Å². The number of hydrogen-bond donors (Lipinski definition) is 3. The summed E-state index contributed by atoms with van der Waals surface area (Å²) >= 11 is 0. The molecular formula is C19H25F3N3O2+. The summed E-state index contributed by atoms with van der Waals surface area (Å²) in [5.41, 5.74) is -0.460. The van der Waals surface area contributed by atoms with Gasteiger partial charge in [0.05, 0.1) is 25.3 Å². The van der Waals surface area contributed by atoms with Crippen LogP contribution in [0, 0.1) is 29.3 Å². The number of benzene rings is 1. The molecule has 2 aliphatic rings. The molecule has 2 amide bonds. The second kappa shape index (κ2) is 8.73. The zero-order valence-corrected chi connectivity index (χ0v) is 15.1. The van der Waals surface area contributed by atoms with Gasteiger partial charge >= 0.3 is 0 Å². The van der Waals surface area contributed by atoms with Crippen molar-refractivity contribution in [2.75, 3.05) is 31.5 Å². The number of halogens is 3. The van der Waals surface area contributed by atoms with E-state index in [9.17, 15) is 22.8 Å². The average molecular weight is 384 g/mol. The van der Waals surface area contributed by atoms with Gasteiger partial charge in [0.2, 0.25) is 5.91 Å². The number of quaternary nitrogens is 1. The summed E-state index contributed by atoms with van der Waals surface area (Å²) in [6, 6.07) is 1.66. The van der Waals surface area contributed by atoms with Crippen LogP contribution >= 0.6 is 0 Å². The average Bonchev–Trinajstić information content (AvgIpc) is 2.67. The SMILES string of the molecule is O=C(C[NH+]1CC[C@@H]2CCCC[C@@H]2C1)NCC(=O)Nc1ccc(F)c(F)c1F. The van der Waals surface area contributed by atoms with Crippen molar-refractivity contribution >= 4 is 17.5 Å². The lowest BCUT2D eigenvalue weighted by molar-refractivity contribution is -0.902. The zero-order chi connectivity index (χ0) is 19.4. The molecule has 0 spiro atoms. The molecule has 27 heavy (non-hydrogen) atoms. The molecule has 8 heteroatoms. The van der Waals surface area contributed by atoms with E-state index in [2.05, 4.69) is 10.6 Å². The summed E-state index contributed by atoms with van der Waals surface area (Å²) in [6.07, 6.45) is 6.25. The number of carbonyl (C=O) groups excluding carboxylic acids is 2. The van der Waals surface area contributed by atoms with Crippen molar-refractivity contribution in [1.82, 2.24) is 5.32 Å². The van der Waals surface area contributed by atoms with E-state index in [1.54, 1.807) is 0 Å². The van der Waals surface area contributed by atoms with Crippen molar-refractivity contribution in [2.24, 2.45) is 11.8 Å². The molecular weight excluding hydrogens is 359 g/mol. The van der Waals surface area contributed by atoms with Crippen LogP contribution in [0.4, 0.5) is 18.9 Å². The highest BCUT2D eigenvalue weighted by atomic mass is 19.2. The van der Waals surface area contributed by atoms with E-state index in [1.807, 2.05) is 0 Å². The van der Waals surface area contributed by atoms with Gasteiger partial charge in [-0.15, -0.1) is 0 Å². The predicted octanol–water partition coefficient (Wildman–Crippen LogP) is 1.25. The Morgan fingerprint density at radius 2 is 1.74 bits per heavy atom. The quantitative estimate of drug-likeness (QED) is 0.670. The maximum absolute atomic E-state index is 13.5. The van der Waals surface area contributed by atoms with Gasteiger partial charge < -0.3 is 15.5 Å². The first-order valence-corrected chi connectivity index (χ1v) is 9.47. The number of anilines is 1. The topological polar surface area (TPSA) is 62.6 Å². The van der Waals surface area contributed by atoms with E-state index in [0.717, 1.165) is 37.6 Å². The molecule has 0 radical (unpaired) electrons. The Morgan fingerprint density at radius 1 is 1.00 bits per heavy atom. The standard InChI is InChI=1S/C19H24F3N3O2/c20-14-5-6-15(19(22)18(14)21)24-16(26)9-23-17(27)11-25-8-7-12-3-1-2-4-13(12)10-25/h5-6,12-13H,1-4,7-11H2,(H,23,27)(H,24,26)/p+1/t12-,13+/m0/s1. The maximum Gasteiger partial charge on any atom is 0.275 e. The Balaban J connectivity index is 1.42. The van der Waals surface area contributed by atoms with Crippen LogP contribution in [0.1, 0.15) is 32.1 Å². The molecule has 1 aliphatic carbocycles. The van der Waals surface area contributed by atoms with Crippen molar-refractivity contribution < 1.29 is 27.7 Å². The molecule has 0 aromatic heterocycles. The van der Waals surface area contributed by atoms with Gasteiger partial charge in [0.15, 0.2) is 24.0 Å². The van der Waals surface area contributed by atoms with E-state index in [4.69, 9.17) is 0 Å². The van der Waals surface area contributed by atoms with E-state index in [-0.39, 0.29) is 12.5 Å². The highest BCUT2D eigenvalue weighted by molar-refractivity contribution is 5.94. The molecule has 1 aromatic rings. The van der Waals surface area contributed by atoms with Crippen molar-refractivity contribution in [3.8, 4) is 0 Å². The Labute approximate surface area is 156 Å². The van der Waals surface area contributed by atoms with Gasteiger partial charge in [-0.05, 0) is 37.3 Å². The van der Waals surface area contributed by atoms with Gasteiger partial charge in [-0.3, -0.25) is 9.59 Å². The van der Waals surface area contributed by atoms with Crippen molar-refractivity contribution in [3.63, 3.8) is 0 Å². The normalized spacial score (nSPS) is 24.8. The van der Waals surface area contributed by atoms with Gasteiger partial charge in [-0.25, -0.2) is 13.2 Å². The van der Waals surface area contributed by atoms with Crippen LogP contribution in [0.5, 0.6) is 0 Å². The Kier molecular flexibility index (Phi) is 6.36. The fourth-order valence-electron chi connectivity index (χ4n) is 4.24. The molecule has 148 valence electrons. The molecule has 3 rings (SSSR count). The number of amides is 2. The van der Waals surface area contributed by atoms with Gasteiger partial charge in [-0.2, -0.15) is 0 Å². The highest BCUT2D eigenvalue weighted by Crippen LogP contribution is 2.32. The largest absolute Gasteiger partial charge is 0.342 e. The van der Waals surface area contributed by atoms with Crippen molar-refractivity contribution in [2.45, 2.75) is 32.1 Å². The Bertz CT molecular complexity index is 714. The third-order valence-electron chi connectivity index (χ3n) is 5.65. The van der Waals surface area contributed by atoms with E-state index >= 15 is 0 Å². The minimum atomic E-state index is -1.65. The lowest BCUT2D eigenvalue weighted by Crippen LogP contribution is -3.15. The Morgan fingerprint density at radius 3 is 2.52 bits per heavy atom. The van der Waals surface area contributed by atoms with Crippen LogP contribution in [0.25, 0.3) is 0 Å². The summed E-state index contributed by atoms with van der Waals surface area (Å²) in [5.74, 6) is -3.91. The van der Waals surface area contributed by atoms with E-state index in [0.29, 0.717) is 12.5 Å². The molecule has 0 bridgehead atoms. The van der Waals surface area contributed by atoms with Crippen LogP contribution in [-0.2, 0) is 9.59 Å².